The van der Waals surface area contributed by atoms with Crippen LogP contribution >= 0.6 is 0 Å². The van der Waals surface area contributed by atoms with Crippen LogP contribution in [-0.2, 0) is 6.67 Å². The van der Waals surface area contributed by atoms with E-state index in [2.05, 4.69) is 4.98 Å². The van der Waals surface area contributed by atoms with Gasteiger partial charge in [-0.3, -0.25) is 4.79 Å². The number of alkyl halides is 1. The highest BCUT2D eigenvalue weighted by molar-refractivity contribution is 5.97. The molecule has 1 heterocycles. The molecule has 0 bridgehead atoms. The number of fused-ring (bicyclic) bond motifs is 1. The van der Waals surface area contributed by atoms with Crippen LogP contribution in [0.25, 0.3) is 22.0 Å². The Morgan fingerprint density at radius 1 is 1.14 bits per heavy atom. The topological polar surface area (TPSA) is 42.1 Å². The van der Waals surface area contributed by atoms with Gasteiger partial charge in [0.2, 0.25) is 0 Å². The lowest BCUT2D eigenvalue weighted by atomic mass is 9.99. The number of aromatic nitrogens is 1. The second kappa shape index (κ2) is 5.40. The van der Waals surface area contributed by atoms with Crippen LogP contribution in [0.5, 0.6) is 5.75 Å². The summed E-state index contributed by atoms with van der Waals surface area (Å²) in [5.74, 6) is 0.265. The zero-order valence-electron chi connectivity index (χ0n) is 11.5. The third-order valence-electron chi connectivity index (χ3n) is 3.46. The van der Waals surface area contributed by atoms with Gasteiger partial charge in [-0.25, -0.2) is 4.39 Å². The van der Waals surface area contributed by atoms with E-state index in [1.54, 1.807) is 12.1 Å². The number of H-pyrrole nitrogens is 1. The zero-order valence-corrected chi connectivity index (χ0v) is 11.5. The van der Waals surface area contributed by atoms with Crippen molar-refractivity contribution in [3.63, 3.8) is 0 Å². The zero-order chi connectivity index (χ0) is 14.8. The van der Waals surface area contributed by atoms with E-state index in [0.717, 1.165) is 16.5 Å². The predicted octanol–water partition coefficient (Wildman–Crippen LogP) is 3.67. The molecule has 3 rings (SSSR count). The molecule has 21 heavy (non-hydrogen) atoms. The molecule has 0 radical (unpaired) electrons. The molecule has 3 nitrogen and oxygen atoms in total. The van der Waals surface area contributed by atoms with E-state index in [-0.39, 0.29) is 11.3 Å². The molecule has 1 N–H and O–H groups in total. The Kier molecular flexibility index (Phi) is 3.44. The maximum absolute atomic E-state index is 12.8. The van der Waals surface area contributed by atoms with E-state index in [1.807, 2.05) is 36.4 Å². The Morgan fingerprint density at radius 2 is 1.90 bits per heavy atom. The summed E-state index contributed by atoms with van der Waals surface area (Å²) in [5, 5.41) is 0.829. The van der Waals surface area contributed by atoms with Gasteiger partial charge in [-0.1, -0.05) is 42.5 Å². The predicted molar refractivity (Wildman–Crippen MR) is 81.4 cm³/mol. The Balaban J connectivity index is 2.42. The summed E-state index contributed by atoms with van der Waals surface area (Å²) in [7, 11) is 1.47. The van der Waals surface area contributed by atoms with Crippen molar-refractivity contribution in [1.82, 2.24) is 4.98 Å². The van der Waals surface area contributed by atoms with Crippen LogP contribution in [0.15, 0.2) is 53.3 Å². The minimum absolute atomic E-state index is 0.265. The van der Waals surface area contributed by atoms with E-state index in [9.17, 15) is 9.18 Å². The van der Waals surface area contributed by atoms with Gasteiger partial charge in [-0.05, 0) is 17.2 Å². The molecular formula is C17H14FNO2. The van der Waals surface area contributed by atoms with Gasteiger partial charge in [0.15, 0.2) is 5.75 Å². The summed E-state index contributed by atoms with van der Waals surface area (Å²) >= 11 is 0. The molecule has 0 fully saturated rings. The quantitative estimate of drug-likeness (QED) is 0.796. The average molecular weight is 283 g/mol. The Morgan fingerprint density at radius 3 is 2.57 bits per heavy atom. The van der Waals surface area contributed by atoms with Gasteiger partial charge >= 0.3 is 0 Å². The molecule has 2 aromatic carbocycles. The summed E-state index contributed by atoms with van der Waals surface area (Å²) in [5.41, 5.74) is 2.43. The number of aromatic amines is 1. The third kappa shape index (κ3) is 2.29. The number of methoxy groups -OCH3 is 1. The highest BCUT2D eigenvalue weighted by Crippen LogP contribution is 2.33. The lowest BCUT2D eigenvalue weighted by Gasteiger charge is -2.12. The first-order chi connectivity index (χ1) is 10.2. The van der Waals surface area contributed by atoms with E-state index < -0.39 is 6.67 Å². The Hall–Kier alpha value is -2.62. The van der Waals surface area contributed by atoms with E-state index in [4.69, 9.17) is 4.74 Å². The van der Waals surface area contributed by atoms with Crippen molar-refractivity contribution < 1.29 is 9.13 Å². The van der Waals surface area contributed by atoms with Gasteiger partial charge in [0.25, 0.3) is 5.56 Å². The van der Waals surface area contributed by atoms with Crippen LogP contribution < -0.4 is 10.3 Å². The molecule has 0 saturated heterocycles. The van der Waals surface area contributed by atoms with Crippen molar-refractivity contribution in [2.24, 2.45) is 0 Å². The van der Waals surface area contributed by atoms with Crippen LogP contribution in [0.3, 0.4) is 0 Å². The first kappa shape index (κ1) is 13.4. The fraction of sp³-hybridized carbons (Fsp3) is 0.118. The van der Waals surface area contributed by atoms with Crippen molar-refractivity contribution in [3.05, 3.63) is 64.4 Å². The number of hydrogen-bond donors (Lipinski definition) is 1. The first-order valence-corrected chi connectivity index (χ1v) is 6.59. The normalized spacial score (nSPS) is 10.8. The number of ether oxygens (including phenoxy) is 1. The summed E-state index contributed by atoms with van der Waals surface area (Å²) in [6.45, 7) is -0.565. The van der Waals surface area contributed by atoms with Crippen LogP contribution in [0.4, 0.5) is 4.39 Å². The van der Waals surface area contributed by atoms with Crippen LogP contribution in [0, 0.1) is 0 Å². The van der Waals surface area contributed by atoms with Crippen molar-refractivity contribution in [2.45, 2.75) is 6.67 Å². The minimum atomic E-state index is -0.565. The standard InChI is InChI=1S/C17H14FNO2/c1-21-16-15(12-5-3-2-4-6-12)13-8-7-11(10-18)9-14(13)19-17(16)20/h2-9H,10H2,1H3,(H,19,20). The van der Waals surface area contributed by atoms with E-state index in [0.29, 0.717) is 11.1 Å². The largest absolute Gasteiger partial charge is 0.491 e. The molecule has 0 aliphatic rings. The average Bonchev–Trinajstić information content (AvgIpc) is 2.53. The molecule has 0 aliphatic carbocycles. The van der Waals surface area contributed by atoms with Crippen LogP contribution in [-0.4, -0.2) is 12.1 Å². The molecule has 0 amide bonds. The second-order valence-electron chi connectivity index (χ2n) is 4.74. The molecule has 0 atom stereocenters. The van der Waals surface area contributed by atoms with E-state index in [1.165, 1.54) is 7.11 Å². The second-order valence-corrected chi connectivity index (χ2v) is 4.74. The van der Waals surface area contributed by atoms with Crippen molar-refractivity contribution >= 4 is 10.9 Å². The molecule has 0 saturated carbocycles. The Labute approximate surface area is 121 Å². The maximum atomic E-state index is 12.8. The summed E-state index contributed by atoms with van der Waals surface area (Å²) in [6, 6.07) is 14.7. The molecular weight excluding hydrogens is 269 g/mol. The van der Waals surface area contributed by atoms with Gasteiger partial charge in [-0.2, -0.15) is 0 Å². The van der Waals surface area contributed by atoms with Gasteiger partial charge < -0.3 is 9.72 Å². The van der Waals surface area contributed by atoms with Gasteiger partial charge in [0.05, 0.1) is 7.11 Å². The molecule has 4 heteroatoms. The highest BCUT2D eigenvalue weighted by Gasteiger charge is 2.15. The molecule has 1 aromatic heterocycles. The maximum Gasteiger partial charge on any atom is 0.291 e. The number of rotatable bonds is 3. The summed E-state index contributed by atoms with van der Waals surface area (Å²) in [6.07, 6.45) is 0. The van der Waals surface area contributed by atoms with Gasteiger partial charge in [-0.15, -0.1) is 0 Å². The Bertz CT molecular complexity index is 841. The third-order valence-corrected chi connectivity index (χ3v) is 3.46. The van der Waals surface area contributed by atoms with Gasteiger partial charge in [0, 0.05) is 16.5 Å². The number of benzene rings is 2. The number of halogens is 1. The lowest BCUT2D eigenvalue weighted by Crippen LogP contribution is -2.11. The summed E-state index contributed by atoms with van der Waals surface area (Å²) < 4.78 is 18.1. The number of pyridine rings is 1. The molecule has 0 aliphatic heterocycles. The number of nitrogens with one attached hydrogen (secondary N) is 1. The van der Waals surface area contributed by atoms with Gasteiger partial charge in [0.1, 0.15) is 6.67 Å². The fourth-order valence-electron chi connectivity index (χ4n) is 2.50. The van der Waals surface area contributed by atoms with Crippen molar-refractivity contribution in [2.75, 3.05) is 7.11 Å². The highest BCUT2D eigenvalue weighted by atomic mass is 19.1. The SMILES string of the molecule is COc1c(-c2ccccc2)c2ccc(CF)cc2[nH]c1=O. The molecule has 3 aromatic rings. The monoisotopic (exact) mass is 283 g/mol. The lowest BCUT2D eigenvalue weighted by molar-refractivity contribution is 0.411. The molecule has 106 valence electrons. The first-order valence-electron chi connectivity index (χ1n) is 6.59. The minimum Gasteiger partial charge on any atom is -0.491 e. The van der Waals surface area contributed by atoms with Crippen molar-refractivity contribution in [3.8, 4) is 16.9 Å². The van der Waals surface area contributed by atoms with Crippen molar-refractivity contribution in [1.29, 1.82) is 0 Å². The molecule has 0 unspecified atom stereocenters. The summed E-state index contributed by atoms with van der Waals surface area (Å²) in [4.78, 5) is 14.9. The smallest absolute Gasteiger partial charge is 0.291 e. The fourth-order valence-corrected chi connectivity index (χ4v) is 2.50. The van der Waals surface area contributed by atoms with Crippen LogP contribution in [0.2, 0.25) is 0 Å². The van der Waals surface area contributed by atoms with Crippen LogP contribution in [0.1, 0.15) is 5.56 Å². The number of hydrogen-bond acceptors (Lipinski definition) is 2. The van der Waals surface area contributed by atoms with E-state index >= 15 is 0 Å². The molecule has 0 spiro atoms.